The van der Waals surface area contributed by atoms with E-state index < -0.39 is 0 Å². The Hall–Kier alpha value is -1.82. The largest absolute Gasteiger partial charge is 0.373 e. The van der Waals surface area contributed by atoms with Gasteiger partial charge in [-0.1, -0.05) is 41.9 Å². The average Bonchev–Trinajstić information content (AvgIpc) is 2.92. The molecule has 0 amide bonds. The molecule has 1 unspecified atom stereocenters. The summed E-state index contributed by atoms with van der Waals surface area (Å²) in [5.41, 5.74) is 4.03. The highest BCUT2D eigenvalue weighted by Gasteiger charge is 2.27. The minimum atomic E-state index is -0.00120. The van der Waals surface area contributed by atoms with E-state index in [1.165, 1.54) is 0 Å². The lowest BCUT2D eigenvalue weighted by Crippen LogP contribution is -2.12. The second-order valence-corrected chi connectivity index (χ2v) is 7.21. The Morgan fingerprint density at radius 2 is 2.04 bits per heavy atom. The smallest absolute Gasteiger partial charge is 0.243 e. The molecular weight excluding hydrogens is 371 g/mol. The van der Waals surface area contributed by atoms with Gasteiger partial charge in [0.05, 0.1) is 6.10 Å². The predicted molar refractivity (Wildman–Crippen MR) is 104 cm³/mol. The molecule has 4 rings (SSSR count). The van der Waals surface area contributed by atoms with Crippen LogP contribution in [0.5, 0.6) is 0 Å². The molecule has 1 saturated heterocycles. The molecule has 0 aliphatic carbocycles. The first kappa shape index (κ1) is 17.6. The van der Waals surface area contributed by atoms with Gasteiger partial charge in [0.15, 0.2) is 5.82 Å². The van der Waals surface area contributed by atoms with Crippen molar-refractivity contribution in [3.63, 3.8) is 0 Å². The average molecular weight is 391 g/mol. The number of anilines is 1. The van der Waals surface area contributed by atoms with Crippen molar-refractivity contribution in [3.05, 3.63) is 57.5 Å². The lowest BCUT2D eigenvalue weighted by Gasteiger charge is -2.23. The van der Waals surface area contributed by atoms with E-state index in [1.54, 1.807) is 4.52 Å². The van der Waals surface area contributed by atoms with E-state index in [2.05, 4.69) is 27.5 Å². The topological polar surface area (TPSA) is 51.5 Å². The Morgan fingerprint density at radius 1 is 1.23 bits per heavy atom. The van der Waals surface area contributed by atoms with Crippen molar-refractivity contribution in [2.45, 2.75) is 38.8 Å². The van der Waals surface area contributed by atoms with Gasteiger partial charge in [-0.05, 0) is 48.9 Å². The Labute approximate surface area is 162 Å². The molecule has 0 radical (unpaired) electrons. The lowest BCUT2D eigenvalue weighted by molar-refractivity contribution is 0.0147. The molecule has 2 aromatic heterocycles. The summed E-state index contributed by atoms with van der Waals surface area (Å²) in [6.45, 7) is 3.44. The summed E-state index contributed by atoms with van der Waals surface area (Å²) in [7, 11) is 0. The number of aryl methyl sites for hydroxylation is 1. The van der Waals surface area contributed by atoms with Crippen molar-refractivity contribution in [1.29, 1.82) is 0 Å². The van der Waals surface area contributed by atoms with Crippen LogP contribution in [0.1, 0.15) is 42.1 Å². The highest BCUT2D eigenvalue weighted by Crippen LogP contribution is 2.39. The van der Waals surface area contributed by atoms with E-state index in [0.717, 1.165) is 48.1 Å². The molecule has 7 heteroatoms. The number of aromatic nitrogens is 3. The maximum absolute atomic E-state index is 6.66. The number of benzene rings is 1. The van der Waals surface area contributed by atoms with Crippen molar-refractivity contribution in [1.82, 2.24) is 14.6 Å². The SMILES string of the molecule is Cc1c(C2CCCCO2)c(Cl)n2nc(Cl)nc(NCc3ccccc3)c12. The van der Waals surface area contributed by atoms with E-state index >= 15 is 0 Å². The zero-order chi connectivity index (χ0) is 18.1. The molecule has 1 atom stereocenters. The lowest BCUT2D eigenvalue weighted by atomic mass is 10.0. The molecule has 1 fully saturated rings. The summed E-state index contributed by atoms with van der Waals surface area (Å²) < 4.78 is 7.63. The van der Waals surface area contributed by atoms with Gasteiger partial charge in [0.25, 0.3) is 0 Å². The molecule has 1 aliphatic heterocycles. The predicted octanol–water partition coefficient (Wildman–Crippen LogP) is 5.20. The van der Waals surface area contributed by atoms with Crippen molar-refractivity contribution < 1.29 is 4.74 Å². The summed E-state index contributed by atoms with van der Waals surface area (Å²) >= 11 is 12.8. The number of ether oxygens (including phenoxy) is 1. The van der Waals surface area contributed by atoms with Crippen LogP contribution in [0.25, 0.3) is 5.52 Å². The number of halogens is 2. The molecule has 26 heavy (non-hydrogen) atoms. The minimum Gasteiger partial charge on any atom is -0.373 e. The van der Waals surface area contributed by atoms with Crippen LogP contribution in [0.4, 0.5) is 5.82 Å². The summed E-state index contributed by atoms with van der Waals surface area (Å²) in [5.74, 6) is 0.676. The number of nitrogens with zero attached hydrogens (tertiary/aromatic N) is 3. The van der Waals surface area contributed by atoms with Gasteiger partial charge >= 0.3 is 0 Å². The molecule has 0 bridgehead atoms. The molecule has 3 heterocycles. The van der Waals surface area contributed by atoms with Crippen molar-refractivity contribution in [2.24, 2.45) is 0 Å². The fourth-order valence-corrected chi connectivity index (χ4v) is 4.07. The summed E-state index contributed by atoms with van der Waals surface area (Å²) in [5, 5.41) is 8.39. The standard InChI is InChI=1S/C19H20Cl2N4O/c1-12-15(14-9-5-6-10-26-14)17(20)25-16(12)18(23-19(21)24-25)22-11-13-7-3-2-4-8-13/h2-4,7-8,14H,5-6,9-11H2,1H3,(H,22,23,24). The maximum atomic E-state index is 6.66. The fourth-order valence-electron chi connectivity index (χ4n) is 3.52. The Balaban J connectivity index is 1.75. The number of hydrogen-bond donors (Lipinski definition) is 1. The van der Waals surface area contributed by atoms with E-state index in [9.17, 15) is 0 Å². The highest BCUT2D eigenvalue weighted by atomic mass is 35.5. The first-order chi connectivity index (χ1) is 12.6. The van der Waals surface area contributed by atoms with Crippen LogP contribution < -0.4 is 5.32 Å². The van der Waals surface area contributed by atoms with Crippen molar-refractivity contribution in [3.8, 4) is 0 Å². The van der Waals surface area contributed by atoms with Gasteiger partial charge in [0.1, 0.15) is 10.7 Å². The molecule has 136 valence electrons. The number of rotatable bonds is 4. The van der Waals surface area contributed by atoms with Crippen LogP contribution in [-0.4, -0.2) is 21.2 Å². The quantitative estimate of drug-likeness (QED) is 0.664. The van der Waals surface area contributed by atoms with Crippen LogP contribution >= 0.6 is 23.2 Å². The monoisotopic (exact) mass is 390 g/mol. The zero-order valence-corrected chi connectivity index (χ0v) is 16.0. The van der Waals surface area contributed by atoms with E-state index in [-0.39, 0.29) is 11.4 Å². The van der Waals surface area contributed by atoms with E-state index in [4.69, 9.17) is 27.9 Å². The normalized spacial score (nSPS) is 17.6. The molecule has 3 aromatic rings. The summed E-state index contributed by atoms with van der Waals surface area (Å²) in [4.78, 5) is 4.40. The second-order valence-electron chi connectivity index (χ2n) is 6.51. The molecule has 0 spiro atoms. The van der Waals surface area contributed by atoms with Crippen LogP contribution in [0, 0.1) is 6.92 Å². The van der Waals surface area contributed by atoms with Crippen LogP contribution in [-0.2, 0) is 11.3 Å². The van der Waals surface area contributed by atoms with Crippen LogP contribution in [0.3, 0.4) is 0 Å². The fraction of sp³-hybridized carbons (Fsp3) is 0.368. The van der Waals surface area contributed by atoms with E-state index in [0.29, 0.717) is 17.5 Å². The van der Waals surface area contributed by atoms with Gasteiger partial charge in [-0.3, -0.25) is 0 Å². The minimum absolute atomic E-state index is 0.00120. The molecule has 5 nitrogen and oxygen atoms in total. The molecule has 1 aromatic carbocycles. The van der Waals surface area contributed by atoms with Crippen LogP contribution in [0.15, 0.2) is 30.3 Å². The maximum Gasteiger partial charge on any atom is 0.243 e. The number of hydrogen-bond acceptors (Lipinski definition) is 4. The molecule has 0 saturated carbocycles. The van der Waals surface area contributed by atoms with Gasteiger partial charge < -0.3 is 10.1 Å². The second kappa shape index (κ2) is 7.43. The first-order valence-corrected chi connectivity index (χ1v) is 9.54. The third-order valence-electron chi connectivity index (χ3n) is 4.79. The van der Waals surface area contributed by atoms with E-state index in [1.807, 2.05) is 25.1 Å². The first-order valence-electron chi connectivity index (χ1n) is 8.79. The van der Waals surface area contributed by atoms with Gasteiger partial charge in [0.2, 0.25) is 5.28 Å². The van der Waals surface area contributed by atoms with Crippen molar-refractivity contribution >= 4 is 34.5 Å². The Kier molecular flexibility index (Phi) is 5.02. The van der Waals surface area contributed by atoms with Gasteiger partial charge in [0, 0.05) is 18.7 Å². The Bertz CT molecular complexity index is 920. The zero-order valence-electron chi connectivity index (χ0n) is 14.5. The van der Waals surface area contributed by atoms with Gasteiger partial charge in [-0.25, -0.2) is 4.52 Å². The van der Waals surface area contributed by atoms with Gasteiger partial charge in [-0.2, -0.15) is 4.98 Å². The summed E-state index contributed by atoms with van der Waals surface area (Å²) in [6.07, 6.45) is 3.19. The highest BCUT2D eigenvalue weighted by molar-refractivity contribution is 6.31. The molecular formula is C19H20Cl2N4O. The molecule has 1 aliphatic rings. The van der Waals surface area contributed by atoms with Crippen LogP contribution in [0.2, 0.25) is 10.4 Å². The van der Waals surface area contributed by atoms with Gasteiger partial charge in [-0.15, -0.1) is 5.10 Å². The number of fused-ring (bicyclic) bond motifs is 1. The Morgan fingerprint density at radius 3 is 2.77 bits per heavy atom. The summed E-state index contributed by atoms with van der Waals surface area (Å²) in [6, 6.07) is 10.1. The third kappa shape index (κ3) is 3.27. The molecule has 1 N–H and O–H groups in total. The third-order valence-corrected chi connectivity index (χ3v) is 5.32. The number of nitrogens with one attached hydrogen (secondary N) is 1. The van der Waals surface area contributed by atoms with Crippen molar-refractivity contribution in [2.75, 3.05) is 11.9 Å².